The number of aliphatic hydroxyl groups is 11. The number of carboxylic acid groups (broad SMARTS) is 1. The summed E-state index contributed by atoms with van der Waals surface area (Å²) in [5.74, 6) is -6.11. The van der Waals surface area contributed by atoms with Gasteiger partial charge in [-0.3, -0.25) is 9.59 Å². The van der Waals surface area contributed by atoms with Gasteiger partial charge in [0.1, 0.15) is 67.1 Å². The zero-order valence-corrected chi connectivity index (χ0v) is 55.4. The minimum Gasteiger partial charge on any atom is -0.477 e. The van der Waals surface area contributed by atoms with Gasteiger partial charge in [0, 0.05) is 19.8 Å². The fraction of sp³-hybridized carbons (Fsp3) is 0.897. The highest BCUT2D eigenvalue weighted by Gasteiger charge is 2.60. The van der Waals surface area contributed by atoms with Crippen LogP contribution in [0.3, 0.4) is 0 Å². The van der Waals surface area contributed by atoms with Crippen LogP contribution in [0, 0.1) is 0 Å². The third-order valence-corrected chi connectivity index (χ3v) is 17.9. The first-order valence-electron chi connectivity index (χ1n) is 35.2. The highest BCUT2D eigenvalue weighted by molar-refractivity contribution is 5.77. The van der Waals surface area contributed by atoms with Crippen molar-refractivity contribution in [3.8, 4) is 0 Å². The molecule has 532 valence electrons. The molecule has 2 amide bonds. The summed E-state index contributed by atoms with van der Waals surface area (Å²) in [6.07, 6.45) is 19.3. The first-order chi connectivity index (χ1) is 43.9. The topological polar surface area (TPSA) is 373 Å². The second-order valence-corrected chi connectivity index (χ2v) is 25.7. The largest absolute Gasteiger partial charge is 0.477 e. The number of rotatable bonds is 53. The number of amides is 2. The van der Waals surface area contributed by atoms with E-state index in [4.69, 9.17) is 28.4 Å². The minimum atomic E-state index is -3.08. The van der Waals surface area contributed by atoms with Crippen LogP contribution in [-0.2, 0) is 42.8 Å². The molecule has 0 aliphatic carbocycles. The van der Waals surface area contributed by atoms with E-state index in [2.05, 4.69) is 48.8 Å². The molecule has 3 saturated heterocycles. The molecule has 18 atom stereocenters. The molecule has 18 unspecified atom stereocenters. The highest BCUT2D eigenvalue weighted by atomic mass is 16.8. The van der Waals surface area contributed by atoms with Crippen LogP contribution in [0.1, 0.15) is 252 Å². The molecule has 91 heavy (non-hydrogen) atoms. The molecule has 0 aromatic carbocycles. The molecular weight excluding hydrogens is 1180 g/mol. The molecule has 0 radical (unpaired) electrons. The Labute approximate surface area is 543 Å². The van der Waals surface area contributed by atoms with E-state index in [1.165, 1.54) is 135 Å². The average molecular weight is 1310 g/mol. The molecule has 0 saturated carbocycles. The second kappa shape index (κ2) is 48.8. The average Bonchev–Trinajstić information content (AvgIpc) is 0.776. The molecule has 3 heterocycles. The van der Waals surface area contributed by atoms with E-state index >= 15 is 0 Å². The lowest BCUT2D eigenvalue weighted by atomic mass is 9.88. The Bertz CT molecular complexity index is 1940. The Hall–Kier alpha value is -2.79. The predicted molar refractivity (Wildman–Crippen MR) is 343 cm³/mol. The Kier molecular flexibility index (Phi) is 44.2. The van der Waals surface area contributed by atoms with Crippen LogP contribution in [-0.4, -0.2) is 215 Å². The number of aliphatic hydroxyl groups excluding tert-OH is 11. The first kappa shape index (κ1) is 82.4. The van der Waals surface area contributed by atoms with Gasteiger partial charge in [0.05, 0.1) is 50.7 Å². The van der Waals surface area contributed by atoms with Crippen molar-refractivity contribution < 1.29 is 104 Å². The van der Waals surface area contributed by atoms with Crippen LogP contribution in [0.15, 0.2) is 24.3 Å². The smallest absolute Gasteiger partial charge is 0.364 e. The highest BCUT2D eigenvalue weighted by Crippen LogP contribution is 2.39. The van der Waals surface area contributed by atoms with Crippen LogP contribution in [0.2, 0.25) is 0 Å². The van der Waals surface area contributed by atoms with E-state index in [1.807, 2.05) is 0 Å². The number of nitrogens with one attached hydrogen (secondary N) is 2. The van der Waals surface area contributed by atoms with Gasteiger partial charge in [-0.1, -0.05) is 212 Å². The minimum absolute atomic E-state index is 0.221. The molecule has 3 aliphatic rings. The van der Waals surface area contributed by atoms with Crippen LogP contribution < -0.4 is 10.6 Å². The van der Waals surface area contributed by atoms with Crippen molar-refractivity contribution >= 4 is 17.8 Å². The molecule has 3 rings (SSSR count). The van der Waals surface area contributed by atoms with Crippen LogP contribution in [0.4, 0.5) is 0 Å². The van der Waals surface area contributed by atoms with E-state index in [0.29, 0.717) is 19.3 Å². The van der Waals surface area contributed by atoms with Crippen molar-refractivity contribution in [2.75, 3.05) is 26.4 Å². The number of hydrogen-bond donors (Lipinski definition) is 14. The summed E-state index contributed by atoms with van der Waals surface area (Å²) in [6.45, 7) is 2.17. The summed E-state index contributed by atoms with van der Waals surface area (Å²) in [5, 5.41) is 136. The van der Waals surface area contributed by atoms with Crippen LogP contribution in [0.25, 0.3) is 0 Å². The molecule has 23 heteroatoms. The Morgan fingerprint density at radius 2 is 1.05 bits per heavy atom. The molecule has 14 N–H and O–H groups in total. The zero-order chi connectivity index (χ0) is 66.8. The maximum atomic E-state index is 13.4. The molecule has 3 fully saturated rings. The van der Waals surface area contributed by atoms with Gasteiger partial charge in [-0.05, 0) is 44.9 Å². The molecule has 23 nitrogen and oxygen atoms in total. The number of carbonyl (C=O) groups is 3. The van der Waals surface area contributed by atoms with Gasteiger partial charge in [-0.15, -0.1) is 0 Å². The summed E-state index contributed by atoms with van der Waals surface area (Å²) in [6, 6.07) is -2.53. The summed E-state index contributed by atoms with van der Waals surface area (Å²) in [5.41, 5.74) is 0. The standard InChI is InChI=1S/C68H124N2O21/c1-4-6-8-10-12-14-16-17-18-19-20-21-22-23-24-25-26-27-28-29-30-31-32-34-36-38-40-42-55(78)70-49(50(75)41-39-37-35-33-15-13-11-9-7-5-2)47-86-65-60(82)59(81)62(54(46-73)88-65)89-66-61(83)64(58(80)53(45-72)87-66)91-68(67(84)85)43-51(76)56(69-48(3)74)63(90-68)57(79)52(77)44-71/h20-21,23-24,49-54,56-66,71-73,75-77,79-83H,4-19,22,25-47H2,1-3H3,(H,69,74)(H,70,78)(H,84,85)/b21-20-,24-23-. The van der Waals surface area contributed by atoms with Crippen molar-refractivity contribution in [1.29, 1.82) is 0 Å². The van der Waals surface area contributed by atoms with Gasteiger partial charge >= 0.3 is 5.97 Å². The van der Waals surface area contributed by atoms with Crippen LogP contribution in [0.5, 0.6) is 0 Å². The van der Waals surface area contributed by atoms with Gasteiger partial charge in [0.2, 0.25) is 11.8 Å². The normalized spacial score (nSPS) is 28.5. The van der Waals surface area contributed by atoms with E-state index in [9.17, 15) is 75.7 Å². The predicted octanol–water partition coefficient (Wildman–Crippen LogP) is 6.45. The lowest BCUT2D eigenvalue weighted by Crippen LogP contribution is -2.70. The van der Waals surface area contributed by atoms with Gasteiger partial charge in [0.25, 0.3) is 5.79 Å². The molecule has 0 bridgehead atoms. The fourth-order valence-corrected chi connectivity index (χ4v) is 12.3. The summed E-state index contributed by atoms with van der Waals surface area (Å²) in [7, 11) is 0. The number of carboxylic acids is 1. The summed E-state index contributed by atoms with van der Waals surface area (Å²) >= 11 is 0. The van der Waals surface area contributed by atoms with E-state index in [1.54, 1.807) is 0 Å². The van der Waals surface area contributed by atoms with Crippen molar-refractivity contribution in [3.63, 3.8) is 0 Å². The maximum Gasteiger partial charge on any atom is 0.364 e. The Morgan fingerprint density at radius 3 is 1.54 bits per heavy atom. The monoisotopic (exact) mass is 1300 g/mol. The van der Waals surface area contributed by atoms with Crippen molar-refractivity contribution in [2.45, 2.75) is 362 Å². The first-order valence-corrected chi connectivity index (χ1v) is 35.2. The Balaban J connectivity index is 1.51. The van der Waals surface area contributed by atoms with E-state index in [0.717, 1.165) is 71.1 Å². The molecule has 0 aromatic heterocycles. The number of hydrogen-bond acceptors (Lipinski definition) is 20. The van der Waals surface area contributed by atoms with Crippen molar-refractivity contribution in [2.24, 2.45) is 0 Å². The van der Waals surface area contributed by atoms with Gasteiger partial charge in [-0.2, -0.15) is 0 Å². The molecule has 0 aromatic rings. The number of allylic oxidation sites excluding steroid dienone is 4. The summed E-state index contributed by atoms with van der Waals surface area (Å²) in [4.78, 5) is 38.5. The third-order valence-electron chi connectivity index (χ3n) is 17.9. The fourth-order valence-electron chi connectivity index (χ4n) is 12.3. The van der Waals surface area contributed by atoms with Gasteiger partial charge < -0.3 is 100 Å². The van der Waals surface area contributed by atoms with E-state index < -0.39 is 148 Å². The Morgan fingerprint density at radius 1 is 0.571 bits per heavy atom. The number of carbonyl (C=O) groups excluding carboxylic acids is 2. The van der Waals surface area contributed by atoms with Gasteiger partial charge in [0.15, 0.2) is 12.6 Å². The van der Waals surface area contributed by atoms with E-state index in [-0.39, 0.29) is 18.9 Å². The SMILES string of the molecule is CCCCCCCCCCC/C=C\C/C=C\CCCCCCCCCCCCCC(=O)NC(COC1OC(CO)C(OC2OC(CO)C(O)C(OC3(C(=O)O)CC(O)C(NC(C)=O)C(C(O)C(O)CO)O3)C2O)C(O)C1O)C(O)CCCCCCCCCCCC. The summed E-state index contributed by atoms with van der Waals surface area (Å²) < 4.78 is 34.8. The lowest BCUT2D eigenvalue weighted by Gasteiger charge is -2.50. The zero-order valence-electron chi connectivity index (χ0n) is 55.4. The number of aliphatic carboxylic acids is 1. The quantitative estimate of drug-likeness (QED) is 0.0230. The van der Waals surface area contributed by atoms with Crippen molar-refractivity contribution in [1.82, 2.24) is 10.6 Å². The lowest BCUT2D eigenvalue weighted by molar-refractivity contribution is -0.386. The molecular formula is C68H124N2O21. The molecule has 0 spiro atoms. The number of ether oxygens (including phenoxy) is 6. The second-order valence-electron chi connectivity index (χ2n) is 25.7. The maximum absolute atomic E-state index is 13.4. The number of unbranched alkanes of at least 4 members (excludes halogenated alkanes) is 29. The third kappa shape index (κ3) is 31.3. The van der Waals surface area contributed by atoms with Crippen LogP contribution >= 0.6 is 0 Å². The van der Waals surface area contributed by atoms with Gasteiger partial charge in [-0.25, -0.2) is 4.79 Å². The van der Waals surface area contributed by atoms with Crippen molar-refractivity contribution in [3.05, 3.63) is 24.3 Å². The molecule has 3 aliphatic heterocycles.